The van der Waals surface area contributed by atoms with Gasteiger partial charge in [-0.1, -0.05) is 19.9 Å². The summed E-state index contributed by atoms with van der Waals surface area (Å²) in [6.45, 7) is 9.44. The number of benzene rings is 1. The Morgan fingerprint density at radius 2 is 1.64 bits per heavy atom. The van der Waals surface area contributed by atoms with Crippen molar-refractivity contribution in [1.29, 1.82) is 0 Å². The van der Waals surface area contributed by atoms with Crippen molar-refractivity contribution >= 4 is 11.9 Å². The summed E-state index contributed by atoms with van der Waals surface area (Å²) in [5, 5.41) is 4.17. The molecule has 0 aliphatic carbocycles. The second kappa shape index (κ2) is 10.7. The molecule has 0 N–H and O–H groups in total. The highest BCUT2D eigenvalue weighted by molar-refractivity contribution is 5.94. The summed E-state index contributed by atoms with van der Waals surface area (Å²) in [6.07, 6.45) is 6.32. The van der Waals surface area contributed by atoms with Crippen molar-refractivity contribution in [2.45, 2.75) is 39.7 Å². The average molecular weight is 456 g/mol. The molecule has 0 atom stereocenters. The van der Waals surface area contributed by atoms with E-state index in [1.807, 2.05) is 30.9 Å². The molecule has 1 aromatic heterocycles. The van der Waals surface area contributed by atoms with Gasteiger partial charge in [0.05, 0.1) is 11.8 Å². The quantitative estimate of drug-likeness (QED) is 0.708. The van der Waals surface area contributed by atoms with Gasteiger partial charge in [-0.15, -0.1) is 0 Å². The first-order valence-electron chi connectivity index (χ1n) is 11.9. The summed E-state index contributed by atoms with van der Waals surface area (Å²) < 4.78 is 12.1. The van der Waals surface area contributed by atoms with E-state index >= 15 is 0 Å². The van der Waals surface area contributed by atoms with Gasteiger partial charge < -0.3 is 19.3 Å². The van der Waals surface area contributed by atoms with Crippen LogP contribution in [0.2, 0.25) is 0 Å². The normalized spacial score (nSPS) is 18.0. The summed E-state index contributed by atoms with van der Waals surface area (Å²) in [4.78, 5) is 31.4. The zero-order valence-corrected chi connectivity index (χ0v) is 19.5. The lowest BCUT2D eigenvalue weighted by Crippen LogP contribution is -2.49. The van der Waals surface area contributed by atoms with E-state index in [-0.39, 0.29) is 18.7 Å². The molecule has 0 unspecified atom stereocenters. The molecule has 0 bridgehead atoms. The first kappa shape index (κ1) is 23.1. The van der Waals surface area contributed by atoms with Gasteiger partial charge in [0.2, 0.25) is 6.79 Å². The Bertz CT molecular complexity index is 962. The number of piperazine rings is 1. The number of fused-ring (bicyclic) bond motifs is 1. The molecule has 178 valence electrons. The lowest BCUT2D eigenvalue weighted by Gasteiger charge is -2.34. The van der Waals surface area contributed by atoms with Crippen LogP contribution in [0.5, 0.6) is 11.5 Å². The van der Waals surface area contributed by atoms with Gasteiger partial charge >= 0.3 is 6.03 Å². The fourth-order valence-corrected chi connectivity index (χ4v) is 4.36. The van der Waals surface area contributed by atoms with E-state index < -0.39 is 0 Å². The number of aromatic nitrogens is 2. The Kier molecular flexibility index (Phi) is 7.49. The van der Waals surface area contributed by atoms with E-state index in [2.05, 4.69) is 16.1 Å². The molecular weight excluding hydrogens is 422 g/mol. The lowest BCUT2D eigenvalue weighted by atomic mass is 10.1. The largest absolute Gasteiger partial charge is 0.454 e. The van der Waals surface area contributed by atoms with Crippen molar-refractivity contribution in [2.24, 2.45) is 0 Å². The number of likely N-dealkylation sites (tertiary alicyclic amines) is 1. The second-order valence-electron chi connectivity index (χ2n) is 8.26. The first-order chi connectivity index (χ1) is 16.2. The van der Waals surface area contributed by atoms with E-state index in [1.165, 1.54) is 17.3 Å². The van der Waals surface area contributed by atoms with Gasteiger partial charge in [0, 0.05) is 52.0 Å². The smallest absolute Gasteiger partial charge is 0.344 e. The Morgan fingerprint density at radius 3 is 2.39 bits per heavy atom. The van der Waals surface area contributed by atoms with Gasteiger partial charge in [0.1, 0.15) is 0 Å². The number of amides is 2. The number of carbonyl (C=O) groups is 2. The van der Waals surface area contributed by atoms with Crippen LogP contribution < -0.4 is 9.47 Å². The van der Waals surface area contributed by atoms with Gasteiger partial charge in [-0.2, -0.15) is 9.78 Å². The predicted molar refractivity (Wildman–Crippen MR) is 124 cm³/mol. The third-order valence-corrected chi connectivity index (χ3v) is 6.15. The zero-order valence-electron chi connectivity index (χ0n) is 19.5. The molecule has 0 spiro atoms. The molecule has 3 aliphatic rings. The van der Waals surface area contributed by atoms with Crippen molar-refractivity contribution in [1.82, 2.24) is 24.5 Å². The van der Waals surface area contributed by atoms with E-state index in [0.29, 0.717) is 18.7 Å². The third kappa shape index (κ3) is 5.30. The zero-order chi connectivity index (χ0) is 23.2. The van der Waals surface area contributed by atoms with Crippen molar-refractivity contribution in [2.75, 3.05) is 46.1 Å². The first-order valence-corrected chi connectivity index (χ1v) is 11.9. The molecule has 2 aromatic rings. The predicted octanol–water partition coefficient (Wildman–Crippen LogP) is 3.05. The Balaban J connectivity index is 0.00000126. The number of nitrogens with zero attached hydrogens (tertiary/aromatic N) is 5. The van der Waals surface area contributed by atoms with E-state index in [0.717, 1.165) is 62.6 Å². The van der Waals surface area contributed by atoms with E-state index in [9.17, 15) is 9.59 Å². The highest BCUT2D eigenvalue weighted by atomic mass is 16.7. The molecule has 9 nitrogen and oxygen atoms in total. The fourth-order valence-electron chi connectivity index (χ4n) is 4.36. The molecule has 2 saturated heterocycles. The van der Waals surface area contributed by atoms with E-state index in [1.54, 1.807) is 11.1 Å². The van der Waals surface area contributed by atoms with Crippen LogP contribution in [-0.2, 0) is 6.54 Å². The van der Waals surface area contributed by atoms with Gasteiger partial charge in [-0.25, -0.2) is 4.79 Å². The van der Waals surface area contributed by atoms with E-state index in [4.69, 9.17) is 9.47 Å². The molecule has 33 heavy (non-hydrogen) atoms. The molecule has 4 heterocycles. The number of rotatable bonds is 3. The van der Waals surface area contributed by atoms with Crippen molar-refractivity contribution in [3.63, 3.8) is 0 Å². The fraction of sp³-hybridized carbons (Fsp3) is 0.542. The van der Waals surface area contributed by atoms with Crippen LogP contribution in [0.15, 0.2) is 30.6 Å². The van der Waals surface area contributed by atoms with Gasteiger partial charge in [-0.3, -0.25) is 9.69 Å². The standard InChI is InChI=1S/C22H27N5O4.C2H6/c28-21(25-6-2-1-3-7-25)18-13-23-27(15-18)22(29)26-10-8-24(9-11-26)14-17-4-5-19-20(12-17)31-16-30-19;1-2/h4-5,12-13,15H,1-3,6-11,14,16H2;1-2H3. The topological polar surface area (TPSA) is 80.1 Å². The molecule has 0 saturated carbocycles. The summed E-state index contributed by atoms with van der Waals surface area (Å²) >= 11 is 0. The average Bonchev–Trinajstić information content (AvgIpc) is 3.55. The van der Waals surface area contributed by atoms with Crippen LogP contribution in [0.4, 0.5) is 4.79 Å². The molecule has 2 fully saturated rings. The van der Waals surface area contributed by atoms with Crippen molar-refractivity contribution in [3.05, 3.63) is 41.7 Å². The maximum Gasteiger partial charge on any atom is 0.344 e. The van der Waals surface area contributed by atoms with Crippen LogP contribution in [0.1, 0.15) is 49.0 Å². The monoisotopic (exact) mass is 455 g/mol. The maximum atomic E-state index is 12.9. The molecule has 2 amide bonds. The minimum atomic E-state index is -0.180. The van der Waals surface area contributed by atoms with Crippen molar-refractivity contribution in [3.8, 4) is 11.5 Å². The number of ether oxygens (including phenoxy) is 2. The van der Waals surface area contributed by atoms with Gasteiger partial charge in [-0.05, 0) is 37.0 Å². The number of hydrogen-bond donors (Lipinski definition) is 0. The minimum absolute atomic E-state index is 0.0349. The summed E-state index contributed by atoms with van der Waals surface area (Å²) in [5.74, 6) is 1.55. The van der Waals surface area contributed by atoms with Gasteiger partial charge in [0.25, 0.3) is 5.91 Å². The van der Waals surface area contributed by atoms with Crippen LogP contribution >= 0.6 is 0 Å². The Hall–Kier alpha value is -3.07. The summed E-state index contributed by atoms with van der Waals surface area (Å²) in [6, 6.07) is 5.83. The Morgan fingerprint density at radius 1 is 0.909 bits per heavy atom. The SMILES string of the molecule is CC.O=C(c1cnn(C(=O)N2CCN(Cc3ccc4c(c3)OCO4)CC2)c1)N1CCCCC1. The minimum Gasteiger partial charge on any atom is -0.454 e. The van der Waals surface area contributed by atoms with Crippen molar-refractivity contribution < 1.29 is 19.1 Å². The lowest BCUT2D eigenvalue weighted by molar-refractivity contribution is 0.0724. The van der Waals surface area contributed by atoms with Crippen LogP contribution in [0.25, 0.3) is 0 Å². The molecule has 1 aromatic carbocycles. The second-order valence-corrected chi connectivity index (χ2v) is 8.26. The Labute approximate surface area is 194 Å². The highest BCUT2D eigenvalue weighted by Gasteiger charge is 2.25. The number of hydrogen-bond acceptors (Lipinski definition) is 6. The summed E-state index contributed by atoms with van der Waals surface area (Å²) in [5.41, 5.74) is 1.65. The van der Waals surface area contributed by atoms with Crippen LogP contribution in [-0.4, -0.2) is 82.5 Å². The van der Waals surface area contributed by atoms with Crippen LogP contribution in [0, 0.1) is 0 Å². The molecule has 0 radical (unpaired) electrons. The number of piperidine rings is 1. The highest BCUT2D eigenvalue weighted by Crippen LogP contribution is 2.32. The van der Waals surface area contributed by atoms with Crippen LogP contribution in [0.3, 0.4) is 0 Å². The number of carbonyl (C=O) groups excluding carboxylic acids is 2. The summed E-state index contributed by atoms with van der Waals surface area (Å²) in [7, 11) is 0. The van der Waals surface area contributed by atoms with Gasteiger partial charge in [0.15, 0.2) is 11.5 Å². The molecule has 9 heteroatoms. The maximum absolute atomic E-state index is 12.9. The third-order valence-electron chi connectivity index (χ3n) is 6.15. The molecule has 3 aliphatic heterocycles. The molecular formula is C24H33N5O4. The molecule has 5 rings (SSSR count).